The van der Waals surface area contributed by atoms with Crippen molar-refractivity contribution in [3.8, 4) is 11.3 Å². The number of nitrogens with one attached hydrogen (secondary N) is 3. The highest BCUT2D eigenvalue weighted by Gasteiger charge is 2.38. The topological polar surface area (TPSA) is 92.1 Å². The molecule has 2 aromatic heterocycles. The molecular formula is C22H25N5O2. The van der Waals surface area contributed by atoms with Crippen LogP contribution in [-0.2, 0) is 0 Å². The molecule has 5 rings (SSSR count). The molecule has 1 saturated heterocycles. The molecule has 3 aromatic rings. The van der Waals surface area contributed by atoms with Gasteiger partial charge in [0.05, 0.1) is 22.3 Å². The van der Waals surface area contributed by atoms with Crippen molar-refractivity contribution in [1.82, 2.24) is 26.3 Å². The lowest BCUT2D eigenvalue weighted by molar-refractivity contribution is 0.0893. The predicted molar refractivity (Wildman–Crippen MR) is 110 cm³/mol. The van der Waals surface area contributed by atoms with Gasteiger partial charge in [0, 0.05) is 24.2 Å². The number of hydrogen-bond acceptors (Lipinski definition) is 6. The molecule has 2 aliphatic rings. The lowest BCUT2D eigenvalue weighted by atomic mass is 9.76. The van der Waals surface area contributed by atoms with E-state index in [9.17, 15) is 4.79 Å². The van der Waals surface area contributed by atoms with Crippen LogP contribution in [0, 0.1) is 18.8 Å². The molecule has 0 bridgehead atoms. The second-order valence-corrected chi connectivity index (χ2v) is 8.29. The Bertz CT molecular complexity index is 1050. The van der Waals surface area contributed by atoms with Gasteiger partial charge in [-0.3, -0.25) is 15.6 Å². The predicted octanol–water partition coefficient (Wildman–Crippen LogP) is 2.82. The van der Waals surface area contributed by atoms with E-state index < -0.39 is 0 Å². The van der Waals surface area contributed by atoms with Gasteiger partial charge in [-0.2, -0.15) is 0 Å². The zero-order valence-corrected chi connectivity index (χ0v) is 16.6. The fraction of sp³-hybridized carbons (Fsp3) is 0.409. The zero-order valence-electron chi connectivity index (χ0n) is 16.6. The number of rotatable bonds is 3. The highest BCUT2D eigenvalue weighted by molar-refractivity contribution is 6.07. The molecule has 29 heavy (non-hydrogen) atoms. The first kappa shape index (κ1) is 18.3. The van der Waals surface area contributed by atoms with Gasteiger partial charge in [0.15, 0.2) is 0 Å². The number of hydrazine groups is 1. The van der Waals surface area contributed by atoms with Gasteiger partial charge in [0.1, 0.15) is 0 Å². The van der Waals surface area contributed by atoms with Crippen LogP contribution in [0.5, 0.6) is 0 Å². The third-order valence-electron chi connectivity index (χ3n) is 6.34. The largest absolute Gasteiger partial charge is 0.349 e. The van der Waals surface area contributed by atoms with Gasteiger partial charge in [0.2, 0.25) is 0 Å². The first-order valence-electron chi connectivity index (χ1n) is 10.2. The molecule has 2 fully saturated rings. The summed E-state index contributed by atoms with van der Waals surface area (Å²) in [5.41, 5.74) is 9.89. The smallest absolute Gasteiger partial charge is 0.259 e. The average Bonchev–Trinajstić information content (AvgIpc) is 3.34. The zero-order chi connectivity index (χ0) is 20.0. The van der Waals surface area contributed by atoms with Crippen LogP contribution in [-0.4, -0.2) is 34.7 Å². The Kier molecular flexibility index (Phi) is 4.56. The molecule has 7 nitrogen and oxygen atoms in total. The van der Waals surface area contributed by atoms with E-state index in [1.54, 1.807) is 0 Å². The van der Waals surface area contributed by atoms with Gasteiger partial charge in [-0.05, 0) is 37.7 Å². The Hall–Kier alpha value is -2.77. The number of fused-ring (bicyclic) bond motifs is 2. The summed E-state index contributed by atoms with van der Waals surface area (Å²) in [6.45, 7) is 5.07. The number of aromatic nitrogens is 2. The molecule has 4 atom stereocenters. The average molecular weight is 391 g/mol. The van der Waals surface area contributed by atoms with Crippen LogP contribution >= 0.6 is 0 Å². The highest BCUT2D eigenvalue weighted by Crippen LogP contribution is 2.32. The molecule has 1 saturated carbocycles. The lowest BCUT2D eigenvalue weighted by Gasteiger charge is -2.36. The van der Waals surface area contributed by atoms with Crippen molar-refractivity contribution in [3.05, 3.63) is 47.7 Å². The van der Waals surface area contributed by atoms with Gasteiger partial charge in [-0.1, -0.05) is 42.4 Å². The molecular weight excluding hydrogens is 366 g/mol. The normalized spacial score (nSPS) is 26.4. The Balaban J connectivity index is 1.48. The number of hydrogen-bond donors (Lipinski definition) is 3. The molecule has 4 unspecified atom stereocenters. The third kappa shape index (κ3) is 3.30. The minimum absolute atomic E-state index is 0.0952. The summed E-state index contributed by atoms with van der Waals surface area (Å²) >= 11 is 0. The third-order valence-corrected chi connectivity index (χ3v) is 6.34. The van der Waals surface area contributed by atoms with Crippen molar-refractivity contribution in [2.45, 2.75) is 38.8 Å². The maximum Gasteiger partial charge on any atom is 0.259 e. The van der Waals surface area contributed by atoms with E-state index >= 15 is 0 Å². The van der Waals surface area contributed by atoms with E-state index in [0.717, 1.165) is 24.9 Å². The maximum atomic E-state index is 13.4. The van der Waals surface area contributed by atoms with Crippen LogP contribution in [0.4, 0.5) is 0 Å². The molecule has 1 amide bonds. The molecule has 1 aliphatic heterocycles. The second kappa shape index (κ2) is 7.24. The summed E-state index contributed by atoms with van der Waals surface area (Å²) < 4.78 is 5.41. The van der Waals surface area contributed by atoms with E-state index in [0.29, 0.717) is 45.9 Å². The maximum absolute atomic E-state index is 13.4. The Labute approximate surface area is 169 Å². The van der Waals surface area contributed by atoms with Gasteiger partial charge < -0.3 is 9.84 Å². The summed E-state index contributed by atoms with van der Waals surface area (Å²) in [5.74, 6) is 0.967. The molecule has 150 valence electrons. The molecule has 1 aromatic carbocycles. The Morgan fingerprint density at radius 1 is 1.24 bits per heavy atom. The lowest BCUT2D eigenvalue weighted by Crippen LogP contribution is -2.49. The van der Waals surface area contributed by atoms with Crippen LogP contribution in [0.15, 0.2) is 40.9 Å². The fourth-order valence-corrected chi connectivity index (χ4v) is 4.71. The fourth-order valence-electron chi connectivity index (χ4n) is 4.71. The van der Waals surface area contributed by atoms with E-state index in [4.69, 9.17) is 4.52 Å². The summed E-state index contributed by atoms with van der Waals surface area (Å²) in [7, 11) is 0. The van der Waals surface area contributed by atoms with Gasteiger partial charge in [0.25, 0.3) is 11.6 Å². The van der Waals surface area contributed by atoms with E-state index in [-0.39, 0.29) is 11.9 Å². The molecule has 7 heteroatoms. The Morgan fingerprint density at radius 3 is 2.90 bits per heavy atom. The van der Waals surface area contributed by atoms with Crippen LogP contribution in [0.1, 0.15) is 35.8 Å². The highest BCUT2D eigenvalue weighted by atomic mass is 16.5. The van der Waals surface area contributed by atoms with Crippen molar-refractivity contribution in [2.75, 3.05) is 6.54 Å². The second-order valence-electron chi connectivity index (χ2n) is 8.29. The number of benzene rings is 1. The van der Waals surface area contributed by atoms with E-state index in [2.05, 4.69) is 33.2 Å². The van der Waals surface area contributed by atoms with Gasteiger partial charge >= 0.3 is 0 Å². The van der Waals surface area contributed by atoms with Gasteiger partial charge in [-0.25, -0.2) is 4.98 Å². The van der Waals surface area contributed by atoms with Gasteiger partial charge in [-0.15, -0.1) is 0 Å². The standard InChI is InChI=1S/C22H25N5O2/c1-12-8-15-11-23-26-19(15)10-17(12)24-21(28)16-9-18(14-6-4-3-5-7-14)25-22-20(16)13(2)27-29-22/h3-7,9,12,15,17,19,23,26H,8,10-11H2,1-2H3,(H,24,28). The SMILES string of the molecule is Cc1noc2nc(-c3ccccc3)cc(C(=O)NC3CC4NNCC4CC3C)c12. The number of carbonyl (C=O) groups is 1. The Morgan fingerprint density at radius 2 is 2.07 bits per heavy atom. The number of amides is 1. The first-order chi connectivity index (χ1) is 14.1. The van der Waals surface area contributed by atoms with Crippen LogP contribution < -0.4 is 16.2 Å². The van der Waals surface area contributed by atoms with Crippen molar-refractivity contribution < 1.29 is 9.32 Å². The molecule has 0 radical (unpaired) electrons. The minimum atomic E-state index is -0.0952. The molecule has 3 N–H and O–H groups in total. The number of aryl methyl sites for hydroxylation is 1. The first-order valence-corrected chi connectivity index (χ1v) is 10.2. The van der Waals surface area contributed by atoms with Crippen molar-refractivity contribution in [2.24, 2.45) is 11.8 Å². The number of pyridine rings is 1. The van der Waals surface area contributed by atoms with Crippen molar-refractivity contribution in [1.29, 1.82) is 0 Å². The summed E-state index contributed by atoms with van der Waals surface area (Å²) in [6, 6.07) is 12.2. The minimum Gasteiger partial charge on any atom is -0.349 e. The summed E-state index contributed by atoms with van der Waals surface area (Å²) in [6.07, 6.45) is 2.02. The van der Waals surface area contributed by atoms with Crippen LogP contribution in [0.2, 0.25) is 0 Å². The van der Waals surface area contributed by atoms with E-state index in [1.807, 2.05) is 43.3 Å². The molecule has 0 spiro atoms. The monoisotopic (exact) mass is 391 g/mol. The molecule has 1 aliphatic carbocycles. The van der Waals surface area contributed by atoms with Crippen molar-refractivity contribution >= 4 is 17.0 Å². The van der Waals surface area contributed by atoms with Crippen molar-refractivity contribution in [3.63, 3.8) is 0 Å². The van der Waals surface area contributed by atoms with Crippen LogP contribution in [0.25, 0.3) is 22.4 Å². The molecule has 3 heterocycles. The number of nitrogens with zero attached hydrogens (tertiary/aromatic N) is 2. The van der Waals surface area contributed by atoms with E-state index in [1.165, 1.54) is 0 Å². The number of carbonyl (C=O) groups excluding carboxylic acids is 1. The van der Waals surface area contributed by atoms with Crippen LogP contribution in [0.3, 0.4) is 0 Å². The summed E-state index contributed by atoms with van der Waals surface area (Å²) in [5, 5.41) is 8.01. The summed E-state index contributed by atoms with van der Waals surface area (Å²) in [4.78, 5) is 17.9. The quantitative estimate of drug-likeness (QED) is 0.636.